The average Bonchev–Trinajstić information content (AvgIpc) is 3.05. The van der Waals surface area contributed by atoms with Gasteiger partial charge in [-0.05, 0) is 24.5 Å². The van der Waals surface area contributed by atoms with E-state index in [0.717, 1.165) is 24.1 Å². The summed E-state index contributed by atoms with van der Waals surface area (Å²) in [5.74, 6) is 0.604. The quantitative estimate of drug-likeness (QED) is 0.868. The second kappa shape index (κ2) is 3.80. The van der Waals surface area contributed by atoms with Crippen LogP contribution in [0, 0.1) is 5.82 Å². The smallest absolute Gasteiger partial charge is 0.169 e. The first-order valence-corrected chi connectivity index (χ1v) is 5.52. The molecule has 0 unspecified atom stereocenters. The summed E-state index contributed by atoms with van der Waals surface area (Å²) in [4.78, 5) is 3.81. The van der Waals surface area contributed by atoms with Crippen molar-refractivity contribution in [3.05, 3.63) is 35.5 Å². The molecule has 0 aromatic carbocycles. The highest BCUT2D eigenvalue weighted by atomic mass is 19.1. The zero-order valence-electron chi connectivity index (χ0n) is 9.17. The lowest BCUT2D eigenvalue weighted by molar-refractivity contribution is 0.597. The highest BCUT2D eigenvalue weighted by Gasteiger charge is 2.30. The lowest BCUT2D eigenvalue weighted by Gasteiger charge is -2.05. The SMILES string of the molecule is Nc1nnn(Cc2cncc(F)c2)c1C1CC1. The summed E-state index contributed by atoms with van der Waals surface area (Å²) < 4.78 is 14.8. The van der Waals surface area contributed by atoms with Gasteiger partial charge in [-0.2, -0.15) is 0 Å². The minimum absolute atomic E-state index is 0.344. The Labute approximate surface area is 97.5 Å². The van der Waals surface area contributed by atoms with Crippen LogP contribution in [0.15, 0.2) is 18.5 Å². The van der Waals surface area contributed by atoms with Crippen LogP contribution in [0.4, 0.5) is 10.2 Å². The normalized spacial score (nSPS) is 15.1. The van der Waals surface area contributed by atoms with Crippen molar-refractivity contribution in [2.75, 3.05) is 5.73 Å². The van der Waals surface area contributed by atoms with Crippen LogP contribution in [-0.4, -0.2) is 20.0 Å². The molecule has 0 atom stereocenters. The number of nitrogens with zero attached hydrogens (tertiary/aromatic N) is 4. The largest absolute Gasteiger partial charge is 0.381 e. The average molecular weight is 233 g/mol. The molecule has 2 N–H and O–H groups in total. The summed E-state index contributed by atoms with van der Waals surface area (Å²) in [5, 5.41) is 7.87. The summed E-state index contributed by atoms with van der Waals surface area (Å²) >= 11 is 0. The van der Waals surface area contributed by atoms with Crippen molar-refractivity contribution in [1.29, 1.82) is 0 Å². The van der Waals surface area contributed by atoms with Crippen molar-refractivity contribution in [3.8, 4) is 0 Å². The van der Waals surface area contributed by atoms with Gasteiger partial charge in [0.2, 0.25) is 0 Å². The third kappa shape index (κ3) is 1.98. The lowest BCUT2D eigenvalue weighted by atomic mass is 10.2. The molecule has 2 heterocycles. The Hall–Kier alpha value is -1.98. The van der Waals surface area contributed by atoms with Crippen LogP contribution in [0.25, 0.3) is 0 Å². The van der Waals surface area contributed by atoms with Gasteiger partial charge in [-0.25, -0.2) is 9.07 Å². The van der Waals surface area contributed by atoms with Crippen LogP contribution >= 0.6 is 0 Å². The van der Waals surface area contributed by atoms with E-state index < -0.39 is 0 Å². The van der Waals surface area contributed by atoms with E-state index in [2.05, 4.69) is 15.3 Å². The number of hydrogen-bond donors (Lipinski definition) is 1. The molecule has 0 radical (unpaired) electrons. The Bertz CT molecular complexity index is 547. The molecule has 1 aliphatic rings. The molecule has 2 aromatic heterocycles. The summed E-state index contributed by atoms with van der Waals surface area (Å²) in [6.07, 6.45) is 5.05. The number of nitrogen functional groups attached to an aromatic ring is 1. The summed E-state index contributed by atoms with van der Waals surface area (Å²) in [6.45, 7) is 0.459. The Morgan fingerprint density at radius 1 is 1.41 bits per heavy atom. The van der Waals surface area contributed by atoms with Crippen molar-refractivity contribution in [2.45, 2.75) is 25.3 Å². The van der Waals surface area contributed by atoms with Crippen molar-refractivity contribution < 1.29 is 4.39 Å². The first-order chi connectivity index (χ1) is 8.24. The van der Waals surface area contributed by atoms with Crippen LogP contribution < -0.4 is 5.73 Å². The van der Waals surface area contributed by atoms with Gasteiger partial charge in [-0.15, -0.1) is 5.10 Å². The Balaban J connectivity index is 1.90. The molecule has 5 nitrogen and oxygen atoms in total. The molecule has 1 fully saturated rings. The zero-order chi connectivity index (χ0) is 11.8. The van der Waals surface area contributed by atoms with Gasteiger partial charge in [0.15, 0.2) is 5.82 Å². The molecule has 1 aliphatic carbocycles. The number of pyridine rings is 1. The van der Waals surface area contributed by atoms with E-state index in [9.17, 15) is 4.39 Å². The van der Waals surface area contributed by atoms with Crippen molar-refractivity contribution in [3.63, 3.8) is 0 Å². The van der Waals surface area contributed by atoms with Crippen molar-refractivity contribution in [1.82, 2.24) is 20.0 Å². The van der Waals surface area contributed by atoms with Gasteiger partial charge in [0, 0.05) is 12.1 Å². The number of anilines is 1. The molecular weight excluding hydrogens is 221 g/mol. The molecule has 6 heteroatoms. The van der Waals surface area contributed by atoms with Crippen LogP contribution in [0.2, 0.25) is 0 Å². The van der Waals surface area contributed by atoms with E-state index in [-0.39, 0.29) is 5.82 Å². The maximum Gasteiger partial charge on any atom is 0.169 e. The van der Waals surface area contributed by atoms with E-state index >= 15 is 0 Å². The molecular formula is C11H12FN5. The molecule has 0 bridgehead atoms. The highest BCUT2D eigenvalue weighted by Crippen LogP contribution is 2.42. The second-order valence-corrected chi connectivity index (χ2v) is 4.30. The number of aromatic nitrogens is 4. The van der Waals surface area contributed by atoms with Gasteiger partial charge in [0.1, 0.15) is 5.82 Å². The van der Waals surface area contributed by atoms with Gasteiger partial charge in [-0.1, -0.05) is 5.21 Å². The van der Waals surface area contributed by atoms with Gasteiger partial charge in [0.05, 0.1) is 18.4 Å². The molecule has 0 amide bonds. The molecule has 2 aromatic rings. The maximum absolute atomic E-state index is 13.0. The number of halogens is 1. The van der Waals surface area contributed by atoms with Crippen LogP contribution in [0.1, 0.15) is 30.0 Å². The Morgan fingerprint density at radius 2 is 2.24 bits per heavy atom. The molecule has 0 spiro atoms. The molecule has 88 valence electrons. The monoisotopic (exact) mass is 233 g/mol. The van der Waals surface area contributed by atoms with Crippen molar-refractivity contribution >= 4 is 5.82 Å². The van der Waals surface area contributed by atoms with Gasteiger partial charge >= 0.3 is 0 Å². The number of hydrogen-bond acceptors (Lipinski definition) is 4. The van der Waals surface area contributed by atoms with Crippen LogP contribution in [-0.2, 0) is 6.54 Å². The standard InChI is InChI=1S/C11H12FN5/c12-9-3-7(4-14-5-9)6-17-10(8-1-2-8)11(13)15-16-17/h3-5,8H,1-2,6,13H2. The second-order valence-electron chi connectivity index (χ2n) is 4.30. The van der Waals surface area contributed by atoms with E-state index in [0.29, 0.717) is 18.3 Å². The molecule has 0 aliphatic heterocycles. The van der Waals surface area contributed by atoms with Crippen molar-refractivity contribution in [2.24, 2.45) is 0 Å². The third-order valence-corrected chi connectivity index (χ3v) is 2.86. The van der Waals surface area contributed by atoms with Crippen LogP contribution in [0.3, 0.4) is 0 Å². The number of nitrogens with two attached hydrogens (primary N) is 1. The zero-order valence-corrected chi connectivity index (χ0v) is 9.17. The van der Waals surface area contributed by atoms with Crippen LogP contribution in [0.5, 0.6) is 0 Å². The molecule has 17 heavy (non-hydrogen) atoms. The van der Waals surface area contributed by atoms with Gasteiger partial charge < -0.3 is 5.73 Å². The van der Waals surface area contributed by atoms with Gasteiger partial charge in [0.25, 0.3) is 0 Å². The molecule has 1 saturated carbocycles. The fourth-order valence-electron chi connectivity index (χ4n) is 1.94. The predicted molar refractivity (Wildman–Crippen MR) is 59.7 cm³/mol. The maximum atomic E-state index is 13.0. The first-order valence-electron chi connectivity index (χ1n) is 5.52. The summed E-state index contributed by atoms with van der Waals surface area (Å²) in [6, 6.07) is 1.45. The molecule has 0 saturated heterocycles. The lowest BCUT2D eigenvalue weighted by Crippen LogP contribution is -2.07. The third-order valence-electron chi connectivity index (χ3n) is 2.86. The Kier molecular flexibility index (Phi) is 2.28. The first kappa shape index (κ1) is 10.2. The summed E-state index contributed by atoms with van der Waals surface area (Å²) in [7, 11) is 0. The minimum Gasteiger partial charge on any atom is -0.381 e. The van der Waals surface area contributed by atoms with Gasteiger partial charge in [-0.3, -0.25) is 4.98 Å². The fraction of sp³-hybridized carbons (Fsp3) is 0.364. The summed E-state index contributed by atoms with van der Waals surface area (Å²) in [5.41, 5.74) is 7.51. The minimum atomic E-state index is -0.344. The Morgan fingerprint density at radius 3 is 2.94 bits per heavy atom. The topological polar surface area (TPSA) is 69.6 Å². The fourth-order valence-corrected chi connectivity index (χ4v) is 1.94. The predicted octanol–water partition coefficient (Wildman–Crippen LogP) is 1.32. The van der Waals surface area contributed by atoms with E-state index in [1.165, 1.54) is 12.3 Å². The van der Waals surface area contributed by atoms with E-state index in [1.807, 2.05) is 0 Å². The van der Waals surface area contributed by atoms with E-state index in [4.69, 9.17) is 5.73 Å². The molecule has 3 rings (SSSR count). The van der Waals surface area contributed by atoms with E-state index in [1.54, 1.807) is 10.9 Å². The number of rotatable bonds is 3. The highest BCUT2D eigenvalue weighted by molar-refractivity contribution is 5.38.